The predicted molar refractivity (Wildman–Crippen MR) is 118 cm³/mol. The Morgan fingerprint density at radius 3 is 2.77 bits per heavy atom. The van der Waals surface area contributed by atoms with E-state index >= 15 is 0 Å². The first kappa shape index (κ1) is 20.7. The van der Waals surface area contributed by atoms with E-state index in [-0.39, 0.29) is 19.1 Å². The minimum atomic E-state index is -0.0511. The highest BCUT2D eigenvalue weighted by Gasteiger charge is 2.23. The van der Waals surface area contributed by atoms with Crippen molar-refractivity contribution in [2.75, 3.05) is 46.0 Å². The Labute approximate surface area is 183 Å². The van der Waals surface area contributed by atoms with Crippen LogP contribution < -0.4 is 19.1 Å². The van der Waals surface area contributed by atoms with Gasteiger partial charge in [-0.25, -0.2) is 4.98 Å². The number of likely N-dealkylation sites (N-methyl/N-ethyl adjacent to an activating group) is 1. The Kier molecular flexibility index (Phi) is 5.99. The van der Waals surface area contributed by atoms with Crippen molar-refractivity contribution >= 4 is 44.2 Å². The molecule has 1 aromatic heterocycles. The van der Waals surface area contributed by atoms with Crippen molar-refractivity contribution in [3.05, 3.63) is 40.9 Å². The van der Waals surface area contributed by atoms with Crippen LogP contribution in [0.15, 0.2) is 30.3 Å². The Hall–Kier alpha value is -2.55. The summed E-state index contributed by atoms with van der Waals surface area (Å²) in [7, 11) is 5.54. The topological polar surface area (TPSA) is 64.1 Å². The van der Waals surface area contributed by atoms with Gasteiger partial charge in [0.1, 0.15) is 11.3 Å². The third kappa shape index (κ3) is 4.16. The highest BCUT2D eigenvalue weighted by atomic mass is 35.5. The van der Waals surface area contributed by atoms with Crippen molar-refractivity contribution in [2.45, 2.75) is 6.42 Å². The first-order chi connectivity index (χ1) is 14.5. The third-order valence-corrected chi connectivity index (χ3v) is 6.30. The van der Waals surface area contributed by atoms with Crippen molar-refractivity contribution in [1.82, 2.24) is 9.88 Å². The number of anilines is 1. The zero-order valence-corrected chi connectivity index (χ0v) is 18.5. The van der Waals surface area contributed by atoms with Gasteiger partial charge in [0.2, 0.25) is 12.7 Å². The van der Waals surface area contributed by atoms with Gasteiger partial charge in [0.15, 0.2) is 16.6 Å². The molecule has 9 heteroatoms. The molecule has 1 aliphatic heterocycles. The molecular weight excluding hydrogens is 426 g/mol. The molecule has 0 N–H and O–H groups in total. The normalized spacial score (nSPS) is 12.6. The zero-order chi connectivity index (χ0) is 21.3. The number of halogens is 1. The van der Waals surface area contributed by atoms with Crippen LogP contribution in [0.25, 0.3) is 10.2 Å². The molecule has 0 atom stereocenters. The van der Waals surface area contributed by atoms with Gasteiger partial charge in [0, 0.05) is 13.1 Å². The smallest absolute Gasteiger partial charge is 0.233 e. The summed E-state index contributed by atoms with van der Waals surface area (Å²) < 4.78 is 17.0. The first-order valence-corrected chi connectivity index (χ1v) is 10.6. The molecule has 2 aromatic carbocycles. The largest absolute Gasteiger partial charge is 0.494 e. The van der Waals surface area contributed by atoms with E-state index in [0.29, 0.717) is 46.0 Å². The van der Waals surface area contributed by atoms with Crippen molar-refractivity contribution in [2.24, 2.45) is 0 Å². The molecular formula is C21H22ClN3O4S. The summed E-state index contributed by atoms with van der Waals surface area (Å²) in [5.74, 6) is 1.94. The molecule has 30 heavy (non-hydrogen) atoms. The maximum atomic E-state index is 13.3. The number of hydrogen-bond acceptors (Lipinski definition) is 7. The van der Waals surface area contributed by atoms with Crippen molar-refractivity contribution in [3.8, 4) is 17.2 Å². The quantitative estimate of drug-likeness (QED) is 0.548. The lowest BCUT2D eigenvalue weighted by molar-refractivity contribution is -0.118. The fourth-order valence-electron chi connectivity index (χ4n) is 3.17. The summed E-state index contributed by atoms with van der Waals surface area (Å²) in [5, 5.41) is 1.19. The van der Waals surface area contributed by atoms with E-state index < -0.39 is 0 Å². The lowest BCUT2D eigenvalue weighted by Gasteiger charge is -2.22. The van der Waals surface area contributed by atoms with Gasteiger partial charge in [-0.15, -0.1) is 0 Å². The Morgan fingerprint density at radius 2 is 2.00 bits per heavy atom. The van der Waals surface area contributed by atoms with Crippen LogP contribution >= 0.6 is 22.9 Å². The number of thiazole rings is 1. The molecule has 1 amide bonds. The van der Waals surface area contributed by atoms with Crippen LogP contribution in [0.4, 0.5) is 5.13 Å². The number of hydrogen-bond donors (Lipinski definition) is 0. The molecule has 0 spiro atoms. The Morgan fingerprint density at radius 1 is 1.20 bits per heavy atom. The average Bonchev–Trinajstić information content (AvgIpc) is 3.35. The van der Waals surface area contributed by atoms with Gasteiger partial charge >= 0.3 is 0 Å². The molecule has 158 valence electrons. The van der Waals surface area contributed by atoms with Crippen molar-refractivity contribution in [1.29, 1.82) is 0 Å². The molecule has 0 saturated heterocycles. The van der Waals surface area contributed by atoms with Crippen LogP contribution in [0.3, 0.4) is 0 Å². The number of nitrogens with zero attached hydrogens (tertiary/aromatic N) is 3. The van der Waals surface area contributed by atoms with Gasteiger partial charge < -0.3 is 19.1 Å². The second-order valence-corrected chi connectivity index (χ2v) is 8.52. The highest BCUT2D eigenvalue weighted by molar-refractivity contribution is 7.23. The minimum absolute atomic E-state index is 0.0511. The van der Waals surface area contributed by atoms with Crippen LogP contribution in [0, 0.1) is 0 Å². The standard InChI is InChI=1S/C21H22ClN3O4S/c1-24(2)8-9-25(18(26)11-13-4-6-15-17(10-13)29-12-28-15)21-23-19-16(27-3)7-5-14(22)20(19)30-21/h4-7,10H,8-9,11-12H2,1-3H3. The number of ether oxygens (including phenoxy) is 3. The van der Waals surface area contributed by atoms with E-state index in [1.807, 2.05) is 37.2 Å². The van der Waals surface area contributed by atoms with Crippen LogP contribution in [0.1, 0.15) is 5.56 Å². The Bertz CT molecular complexity index is 1090. The lowest BCUT2D eigenvalue weighted by atomic mass is 10.1. The fourth-order valence-corrected chi connectivity index (χ4v) is 4.47. The number of carbonyl (C=O) groups is 1. The summed E-state index contributed by atoms with van der Waals surface area (Å²) in [6, 6.07) is 9.13. The number of benzene rings is 2. The second-order valence-electron chi connectivity index (χ2n) is 7.14. The van der Waals surface area contributed by atoms with E-state index in [4.69, 9.17) is 30.8 Å². The molecule has 2 heterocycles. The van der Waals surface area contributed by atoms with Crippen molar-refractivity contribution < 1.29 is 19.0 Å². The van der Waals surface area contributed by atoms with E-state index in [0.717, 1.165) is 10.3 Å². The molecule has 0 bridgehead atoms. The predicted octanol–water partition coefficient (Wildman–Crippen LogP) is 3.82. The summed E-state index contributed by atoms with van der Waals surface area (Å²) >= 11 is 7.76. The van der Waals surface area contributed by atoms with Gasteiger partial charge in [0.25, 0.3) is 0 Å². The molecule has 4 rings (SSSR count). The highest BCUT2D eigenvalue weighted by Crippen LogP contribution is 2.39. The van der Waals surface area contributed by atoms with Gasteiger partial charge in [-0.3, -0.25) is 9.69 Å². The molecule has 0 radical (unpaired) electrons. The third-order valence-electron chi connectivity index (χ3n) is 4.76. The number of carbonyl (C=O) groups excluding carboxylic acids is 1. The number of amides is 1. The van der Waals surface area contributed by atoms with Crippen LogP contribution in [0.2, 0.25) is 5.02 Å². The lowest BCUT2D eigenvalue weighted by Crippen LogP contribution is -2.37. The van der Waals surface area contributed by atoms with Gasteiger partial charge in [0.05, 0.1) is 23.3 Å². The maximum absolute atomic E-state index is 13.3. The van der Waals surface area contributed by atoms with Gasteiger partial charge in [-0.1, -0.05) is 29.0 Å². The summed E-state index contributed by atoms with van der Waals surface area (Å²) in [5.41, 5.74) is 1.52. The second kappa shape index (κ2) is 8.67. The SMILES string of the molecule is COc1ccc(Cl)c2sc(N(CCN(C)C)C(=O)Cc3ccc4c(c3)OCO4)nc12. The molecule has 7 nitrogen and oxygen atoms in total. The molecule has 0 saturated carbocycles. The van der Waals surface area contributed by atoms with Crippen LogP contribution in [-0.4, -0.2) is 56.9 Å². The molecule has 0 unspecified atom stereocenters. The molecule has 0 aliphatic carbocycles. The minimum Gasteiger partial charge on any atom is -0.494 e. The van der Waals surface area contributed by atoms with E-state index in [1.165, 1.54) is 11.3 Å². The first-order valence-electron chi connectivity index (χ1n) is 9.43. The molecule has 1 aliphatic rings. The van der Waals surface area contributed by atoms with Crippen LogP contribution in [-0.2, 0) is 11.2 Å². The van der Waals surface area contributed by atoms with E-state index in [9.17, 15) is 4.79 Å². The number of methoxy groups -OCH3 is 1. The number of fused-ring (bicyclic) bond motifs is 2. The summed E-state index contributed by atoms with van der Waals surface area (Å²) in [6.07, 6.45) is 0.227. The number of rotatable bonds is 7. The molecule has 3 aromatic rings. The fraction of sp³-hybridized carbons (Fsp3) is 0.333. The molecule has 0 fully saturated rings. The van der Waals surface area contributed by atoms with E-state index in [1.54, 1.807) is 24.1 Å². The average molecular weight is 448 g/mol. The number of aromatic nitrogens is 1. The van der Waals surface area contributed by atoms with Gasteiger partial charge in [-0.2, -0.15) is 0 Å². The van der Waals surface area contributed by atoms with Crippen molar-refractivity contribution in [3.63, 3.8) is 0 Å². The summed E-state index contributed by atoms with van der Waals surface area (Å²) in [4.78, 5) is 21.7. The summed E-state index contributed by atoms with van der Waals surface area (Å²) in [6.45, 7) is 1.42. The van der Waals surface area contributed by atoms with Gasteiger partial charge in [-0.05, 0) is 43.9 Å². The Balaban J connectivity index is 1.65. The monoisotopic (exact) mass is 447 g/mol. The maximum Gasteiger partial charge on any atom is 0.233 e. The van der Waals surface area contributed by atoms with Crippen LogP contribution in [0.5, 0.6) is 17.2 Å². The van der Waals surface area contributed by atoms with E-state index in [2.05, 4.69) is 0 Å². The zero-order valence-electron chi connectivity index (χ0n) is 17.0.